The minimum atomic E-state index is 0.0339. The maximum absolute atomic E-state index is 8.61. The first-order valence-corrected chi connectivity index (χ1v) is 6.47. The van der Waals surface area contributed by atoms with Gasteiger partial charge in [0.2, 0.25) is 0 Å². The Morgan fingerprint density at radius 2 is 2.37 bits per heavy atom. The van der Waals surface area contributed by atoms with Crippen LogP contribution in [0, 0.1) is 0 Å². The van der Waals surface area contributed by atoms with Crippen molar-refractivity contribution in [2.75, 3.05) is 32.1 Å². The van der Waals surface area contributed by atoms with Gasteiger partial charge >= 0.3 is 0 Å². The average molecular weight is 263 g/mol. The first kappa shape index (κ1) is 13.6. The quantitative estimate of drug-likeness (QED) is 0.363. The molecule has 0 amide bonds. The molecule has 1 unspecified atom stereocenters. The number of aromatic nitrogens is 1. The number of likely N-dealkylation sites (tertiary alicyclic amines) is 1. The lowest BCUT2D eigenvalue weighted by Gasteiger charge is -2.37. The fourth-order valence-corrected chi connectivity index (χ4v) is 2.46. The molecule has 0 spiro atoms. The van der Waals surface area contributed by atoms with Gasteiger partial charge in [-0.3, -0.25) is 4.98 Å². The van der Waals surface area contributed by atoms with E-state index in [0.29, 0.717) is 11.7 Å². The topological polar surface area (TPSA) is 78.0 Å². The van der Waals surface area contributed by atoms with Crippen LogP contribution in [-0.2, 0) is 0 Å². The molecule has 3 N–H and O–H groups in total. The smallest absolute Gasteiger partial charge is 0.188 e. The second-order valence-electron chi connectivity index (χ2n) is 5.06. The maximum Gasteiger partial charge on any atom is 0.188 e. The fraction of sp³-hybridized carbons (Fsp3) is 0.538. The number of amidine groups is 1. The van der Waals surface area contributed by atoms with E-state index in [1.54, 1.807) is 12.3 Å². The summed E-state index contributed by atoms with van der Waals surface area (Å²) in [6.45, 7) is 2.24. The first-order valence-electron chi connectivity index (χ1n) is 6.47. The number of likely N-dealkylation sites (N-methyl/N-ethyl adjacent to an activating group) is 2. The van der Waals surface area contributed by atoms with Crippen molar-refractivity contribution in [3.8, 4) is 0 Å². The van der Waals surface area contributed by atoms with Crippen LogP contribution in [0.25, 0.3) is 0 Å². The Morgan fingerprint density at radius 1 is 1.58 bits per heavy atom. The summed E-state index contributed by atoms with van der Waals surface area (Å²) in [6.07, 6.45) is 4.19. The standard InChI is InChI=1S/C13H21N5O/c1-17-7-3-4-11(9-17)18(2)10-5-6-12(15-8-10)13(14)16-19/h5-6,8,11,19H,3-4,7,9H2,1-2H3,(H2,14,16). The van der Waals surface area contributed by atoms with Crippen molar-refractivity contribution < 1.29 is 5.21 Å². The number of rotatable bonds is 3. The number of hydrogen-bond acceptors (Lipinski definition) is 5. The normalized spacial score (nSPS) is 21.4. The van der Waals surface area contributed by atoms with Crippen molar-refractivity contribution in [3.63, 3.8) is 0 Å². The molecule has 0 saturated carbocycles. The second kappa shape index (κ2) is 5.88. The summed E-state index contributed by atoms with van der Waals surface area (Å²) in [5.74, 6) is 0.0339. The SMILES string of the molecule is CN1CCCC(N(C)c2ccc(/C(N)=N/O)nc2)C1. The van der Waals surface area contributed by atoms with E-state index in [-0.39, 0.29) is 5.84 Å². The van der Waals surface area contributed by atoms with Crippen LogP contribution in [0.2, 0.25) is 0 Å². The van der Waals surface area contributed by atoms with E-state index in [4.69, 9.17) is 10.9 Å². The van der Waals surface area contributed by atoms with E-state index in [0.717, 1.165) is 12.2 Å². The lowest BCUT2D eigenvalue weighted by atomic mass is 10.0. The Hall–Kier alpha value is -1.82. The number of pyridine rings is 1. The molecule has 1 atom stereocenters. The molecule has 104 valence electrons. The molecule has 0 bridgehead atoms. The van der Waals surface area contributed by atoms with Crippen molar-refractivity contribution in [1.29, 1.82) is 0 Å². The molecule has 1 saturated heterocycles. The molecule has 6 heteroatoms. The second-order valence-corrected chi connectivity index (χ2v) is 5.06. The predicted molar refractivity (Wildman–Crippen MR) is 75.7 cm³/mol. The molecule has 0 aromatic carbocycles. The number of piperidine rings is 1. The highest BCUT2D eigenvalue weighted by Gasteiger charge is 2.21. The van der Waals surface area contributed by atoms with Crippen molar-refractivity contribution >= 4 is 11.5 Å². The zero-order valence-electron chi connectivity index (χ0n) is 11.5. The molecule has 1 aromatic heterocycles. The third-order valence-electron chi connectivity index (χ3n) is 3.67. The molecule has 1 aliphatic rings. The third-order valence-corrected chi connectivity index (χ3v) is 3.67. The van der Waals surface area contributed by atoms with Crippen molar-refractivity contribution in [3.05, 3.63) is 24.0 Å². The van der Waals surface area contributed by atoms with E-state index < -0.39 is 0 Å². The van der Waals surface area contributed by atoms with Crippen LogP contribution in [0.5, 0.6) is 0 Å². The molecule has 1 aliphatic heterocycles. The maximum atomic E-state index is 8.61. The molecule has 19 heavy (non-hydrogen) atoms. The minimum Gasteiger partial charge on any atom is -0.409 e. The Balaban J connectivity index is 2.08. The highest BCUT2D eigenvalue weighted by molar-refractivity contribution is 5.95. The van der Waals surface area contributed by atoms with Crippen LogP contribution in [-0.4, -0.2) is 54.2 Å². The van der Waals surface area contributed by atoms with E-state index in [9.17, 15) is 0 Å². The summed E-state index contributed by atoms with van der Waals surface area (Å²) in [7, 11) is 4.24. The first-order chi connectivity index (χ1) is 9.11. The summed E-state index contributed by atoms with van der Waals surface area (Å²) in [4.78, 5) is 8.81. The lowest BCUT2D eigenvalue weighted by Crippen LogP contribution is -2.45. The third kappa shape index (κ3) is 3.14. The molecule has 1 aromatic rings. The van der Waals surface area contributed by atoms with Crippen LogP contribution in [0.1, 0.15) is 18.5 Å². The zero-order valence-corrected chi connectivity index (χ0v) is 11.5. The van der Waals surface area contributed by atoms with Crippen molar-refractivity contribution in [1.82, 2.24) is 9.88 Å². The van der Waals surface area contributed by atoms with Gasteiger partial charge < -0.3 is 20.7 Å². The Bertz CT molecular complexity index is 445. The van der Waals surface area contributed by atoms with Gasteiger partial charge in [0.15, 0.2) is 5.84 Å². The van der Waals surface area contributed by atoms with Gasteiger partial charge in [-0.1, -0.05) is 5.16 Å². The van der Waals surface area contributed by atoms with Gasteiger partial charge in [0.05, 0.1) is 11.9 Å². The Morgan fingerprint density at radius 3 is 2.95 bits per heavy atom. The van der Waals surface area contributed by atoms with Crippen LogP contribution >= 0.6 is 0 Å². The number of anilines is 1. The van der Waals surface area contributed by atoms with Crippen LogP contribution in [0.4, 0.5) is 5.69 Å². The van der Waals surface area contributed by atoms with Crippen molar-refractivity contribution in [2.45, 2.75) is 18.9 Å². The van der Waals surface area contributed by atoms with Gasteiger partial charge in [-0.05, 0) is 38.6 Å². The van der Waals surface area contributed by atoms with Gasteiger partial charge in [-0.15, -0.1) is 0 Å². The zero-order chi connectivity index (χ0) is 13.8. The Kier molecular flexibility index (Phi) is 4.21. The van der Waals surface area contributed by atoms with Crippen molar-refractivity contribution in [2.24, 2.45) is 10.9 Å². The number of nitrogens with zero attached hydrogens (tertiary/aromatic N) is 4. The molecular weight excluding hydrogens is 242 g/mol. The number of hydrogen-bond donors (Lipinski definition) is 2. The van der Waals surface area contributed by atoms with E-state index in [1.165, 1.54) is 19.4 Å². The highest BCUT2D eigenvalue weighted by atomic mass is 16.4. The predicted octanol–water partition coefficient (Wildman–Crippen LogP) is 0.707. The van der Waals surface area contributed by atoms with Gasteiger partial charge in [0.1, 0.15) is 5.69 Å². The summed E-state index contributed by atoms with van der Waals surface area (Å²) >= 11 is 0. The van der Waals surface area contributed by atoms with E-state index in [2.05, 4.69) is 34.0 Å². The van der Waals surface area contributed by atoms with Crippen LogP contribution in [0.3, 0.4) is 0 Å². The molecular formula is C13H21N5O. The lowest BCUT2D eigenvalue weighted by molar-refractivity contribution is 0.248. The van der Waals surface area contributed by atoms with Gasteiger partial charge in [0, 0.05) is 19.6 Å². The minimum absolute atomic E-state index is 0.0339. The summed E-state index contributed by atoms with van der Waals surface area (Å²) in [5.41, 5.74) is 7.04. The number of oxime groups is 1. The molecule has 0 aliphatic carbocycles. The van der Waals surface area contributed by atoms with E-state index in [1.807, 2.05) is 6.07 Å². The fourth-order valence-electron chi connectivity index (χ4n) is 2.46. The van der Waals surface area contributed by atoms with E-state index >= 15 is 0 Å². The molecule has 2 rings (SSSR count). The largest absolute Gasteiger partial charge is 0.409 e. The average Bonchev–Trinajstić information content (AvgIpc) is 2.46. The van der Waals surface area contributed by atoms with Gasteiger partial charge in [-0.25, -0.2) is 0 Å². The van der Waals surface area contributed by atoms with Gasteiger partial charge in [-0.2, -0.15) is 0 Å². The monoisotopic (exact) mass is 263 g/mol. The Labute approximate surface area is 113 Å². The summed E-state index contributed by atoms with van der Waals surface area (Å²) < 4.78 is 0. The highest BCUT2D eigenvalue weighted by Crippen LogP contribution is 2.20. The van der Waals surface area contributed by atoms with Gasteiger partial charge in [0.25, 0.3) is 0 Å². The molecule has 6 nitrogen and oxygen atoms in total. The molecule has 2 heterocycles. The van der Waals surface area contributed by atoms with Crippen LogP contribution < -0.4 is 10.6 Å². The molecule has 1 fully saturated rings. The molecule has 0 radical (unpaired) electrons. The summed E-state index contributed by atoms with van der Waals surface area (Å²) in [5, 5.41) is 11.6. The van der Waals surface area contributed by atoms with Crippen LogP contribution in [0.15, 0.2) is 23.5 Å². The number of nitrogens with two attached hydrogens (primary N) is 1. The summed E-state index contributed by atoms with van der Waals surface area (Å²) in [6, 6.07) is 4.23.